The number of nitrogens with zero attached hydrogens (tertiary/aromatic N) is 3. The van der Waals surface area contributed by atoms with Crippen molar-refractivity contribution in [3.05, 3.63) is 156 Å². The van der Waals surface area contributed by atoms with Gasteiger partial charge in [0.15, 0.2) is 17.5 Å². The van der Waals surface area contributed by atoms with E-state index in [9.17, 15) is 0 Å². The van der Waals surface area contributed by atoms with Crippen LogP contribution in [0.2, 0.25) is 0 Å². The predicted octanol–water partition coefficient (Wildman–Crippen LogP) is 13.0. The van der Waals surface area contributed by atoms with Crippen molar-refractivity contribution in [2.24, 2.45) is 5.92 Å². The minimum Gasteiger partial charge on any atom is -0.208 e. The second-order valence-electron chi connectivity index (χ2n) is 13.3. The fourth-order valence-corrected chi connectivity index (χ4v) is 9.88. The van der Waals surface area contributed by atoms with E-state index in [1.54, 1.807) is 0 Å². The van der Waals surface area contributed by atoms with Crippen molar-refractivity contribution in [1.82, 2.24) is 15.0 Å². The Balaban J connectivity index is 1.17. The summed E-state index contributed by atoms with van der Waals surface area (Å²) in [6.07, 6.45) is 5.69. The van der Waals surface area contributed by atoms with Crippen molar-refractivity contribution in [1.29, 1.82) is 0 Å². The van der Waals surface area contributed by atoms with Crippen LogP contribution in [0.5, 0.6) is 0 Å². The zero-order valence-corrected chi connectivity index (χ0v) is 29.5. The zero-order chi connectivity index (χ0) is 33.9. The molecule has 51 heavy (non-hydrogen) atoms. The SMILES string of the molecule is CC1C=Cc2c(sc3cccc(-c4nc(-c5ccc6c(c5)sc5ccccc56)nc(-c5ccccc5-c5ccc(-c6ccccc6)cc5)n4)c23)C1. The quantitative estimate of drug-likeness (QED) is 0.181. The molecule has 0 aliphatic heterocycles. The summed E-state index contributed by atoms with van der Waals surface area (Å²) in [5, 5.41) is 3.77. The van der Waals surface area contributed by atoms with Crippen LogP contribution in [0, 0.1) is 5.92 Å². The van der Waals surface area contributed by atoms with Crippen LogP contribution in [0.4, 0.5) is 0 Å². The lowest BCUT2D eigenvalue weighted by molar-refractivity contribution is 0.728. The van der Waals surface area contributed by atoms with Crippen LogP contribution in [-0.4, -0.2) is 15.0 Å². The largest absolute Gasteiger partial charge is 0.208 e. The highest BCUT2D eigenvalue weighted by molar-refractivity contribution is 7.25. The number of fused-ring (bicyclic) bond motifs is 6. The first kappa shape index (κ1) is 30.1. The molecule has 3 aromatic heterocycles. The maximum Gasteiger partial charge on any atom is 0.164 e. The highest BCUT2D eigenvalue weighted by Crippen LogP contribution is 2.43. The summed E-state index contributed by atoms with van der Waals surface area (Å²) < 4.78 is 3.78. The van der Waals surface area contributed by atoms with Gasteiger partial charge in [0.05, 0.1) is 0 Å². The standard InChI is InChI=1S/C46H31N3S2/c1-28-18-24-37-41(26-28)51-40-17-9-15-38(43(37)40)46-48-44(32-23-25-35-34-13-7-8-16-39(34)50-42(35)27-32)47-45(49-46)36-14-6-5-12-33(36)31-21-19-30(20-22-31)29-10-3-2-4-11-29/h2-25,27-28H,26H2,1H3. The van der Waals surface area contributed by atoms with E-state index in [1.807, 2.05) is 22.7 Å². The predicted molar refractivity (Wildman–Crippen MR) is 217 cm³/mol. The Hall–Kier alpha value is -5.75. The van der Waals surface area contributed by atoms with Crippen molar-refractivity contribution in [2.45, 2.75) is 13.3 Å². The number of aromatic nitrogens is 3. The summed E-state index contributed by atoms with van der Waals surface area (Å²) in [5.41, 5.74) is 8.90. The summed E-state index contributed by atoms with van der Waals surface area (Å²) in [4.78, 5) is 17.2. The first-order valence-corrected chi connectivity index (χ1v) is 19.0. The van der Waals surface area contributed by atoms with E-state index in [0.29, 0.717) is 23.4 Å². The highest BCUT2D eigenvalue weighted by atomic mass is 32.1. The van der Waals surface area contributed by atoms with Crippen LogP contribution in [-0.2, 0) is 6.42 Å². The zero-order valence-electron chi connectivity index (χ0n) is 27.9. The summed E-state index contributed by atoms with van der Waals surface area (Å²) in [5.74, 6) is 2.57. The van der Waals surface area contributed by atoms with E-state index >= 15 is 0 Å². The van der Waals surface area contributed by atoms with Crippen molar-refractivity contribution in [3.63, 3.8) is 0 Å². The summed E-state index contributed by atoms with van der Waals surface area (Å²) >= 11 is 3.71. The lowest BCUT2D eigenvalue weighted by Crippen LogP contribution is -2.02. The average Bonchev–Trinajstić information content (AvgIpc) is 3.75. The average molecular weight is 690 g/mol. The third-order valence-corrected chi connectivity index (χ3v) is 12.2. The summed E-state index contributed by atoms with van der Waals surface area (Å²) in [6, 6.07) is 49.5. The summed E-state index contributed by atoms with van der Waals surface area (Å²) in [6.45, 7) is 2.29. The van der Waals surface area contributed by atoms with Gasteiger partial charge in [-0.15, -0.1) is 22.7 Å². The van der Waals surface area contributed by atoms with Gasteiger partial charge >= 0.3 is 0 Å². The molecule has 9 aromatic rings. The fraction of sp³-hybridized carbons (Fsp3) is 0.0652. The van der Waals surface area contributed by atoms with Gasteiger partial charge in [-0.3, -0.25) is 0 Å². The molecular weight excluding hydrogens is 659 g/mol. The van der Waals surface area contributed by atoms with Gasteiger partial charge in [-0.25, -0.2) is 15.0 Å². The monoisotopic (exact) mass is 689 g/mol. The van der Waals surface area contributed by atoms with Crippen molar-refractivity contribution in [3.8, 4) is 56.4 Å². The first-order chi connectivity index (χ1) is 25.2. The Morgan fingerprint density at radius 1 is 0.490 bits per heavy atom. The van der Waals surface area contributed by atoms with Gasteiger partial charge in [-0.05, 0) is 58.4 Å². The van der Waals surface area contributed by atoms with Gasteiger partial charge in [0.2, 0.25) is 0 Å². The molecule has 0 saturated heterocycles. The van der Waals surface area contributed by atoms with Crippen molar-refractivity contribution in [2.75, 3.05) is 0 Å². The fourth-order valence-electron chi connectivity index (χ4n) is 7.37. The minimum atomic E-state index is 0.534. The molecule has 0 amide bonds. The Morgan fingerprint density at radius 3 is 1.98 bits per heavy atom. The third kappa shape index (κ3) is 5.29. The normalized spacial score (nSPS) is 14.0. The van der Waals surface area contributed by atoms with Gasteiger partial charge in [-0.1, -0.05) is 140 Å². The highest BCUT2D eigenvalue weighted by Gasteiger charge is 2.22. The molecule has 242 valence electrons. The number of benzene rings is 6. The smallest absolute Gasteiger partial charge is 0.164 e. The van der Waals surface area contributed by atoms with Crippen molar-refractivity contribution < 1.29 is 0 Å². The van der Waals surface area contributed by atoms with E-state index in [-0.39, 0.29) is 0 Å². The van der Waals surface area contributed by atoms with E-state index in [4.69, 9.17) is 15.0 Å². The molecule has 5 heteroatoms. The van der Waals surface area contributed by atoms with Crippen LogP contribution in [0.25, 0.3) is 92.8 Å². The van der Waals surface area contributed by atoms with Gasteiger partial charge < -0.3 is 0 Å². The number of allylic oxidation sites excluding steroid dienone is 1. The molecule has 0 bridgehead atoms. The summed E-state index contributed by atoms with van der Waals surface area (Å²) in [7, 11) is 0. The van der Waals surface area contributed by atoms with Gasteiger partial charge in [0, 0.05) is 51.8 Å². The Kier molecular flexibility index (Phi) is 7.22. The molecule has 0 radical (unpaired) electrons. The van der Waals surface area contributed by atoms with E-state index in [1.165, 1.54) is 51.8 Å². The van der Waals surface area contributed by atoms with E-state index < -0.39 is 0 Å². The maximum absolute atomic E-state index is 5.30. The van der Waals surface area contributed by atoms with Crippen LogP contribution in [0.15, 0.2) is 146 Å². The number of thiophene rings is 2. The van der Waals surface area contributed by atoms with Crippen LogP contribution in [0.1, 0.15) is 17.4 Å². The molecule has 1 aliphatic rings. The molecule has 0 N–H and O–H groups in total. The molecule has 1 aliphatic carbocycles. The molecule has 0 fully saturated rings. The second-order valence-corrected chi connectivity index (χ2v) is 15.5. The Labute approximate surface area is 304 Å². The number of rotatable bonds is 5. The van der Waals surface area contributed by atoms with Crippen LogP contribution in [0.3, 0.4) is 0 Å². The third-order valence-electron chi connectivity index (χ3n) is 9.91. The molecule has 0 saturated carbocycles. The molecule has 1 atom stereocenters. The van der Waals surface area contributed by atoms with Crippen LogP contribution >= 0.6 is 22.7 Å². The second kappa shape index (κ2) is 12.2. The topological polar surface area (TPSA) is 38.7 Å². The molecule has 3 nitrogen and oxygen atoms in total. The number of hydrogen-bond donors (Lipinski definition) is 0. The van der Waals surface area contributed by atoms with Crippen LogP contribution < -0.4 is 0 Å². The minimum absolute atomic E-state index is 0.534. The molecule has 3 heterocycles. The molecule has 6 aromatic carbocycles. The van der Waals surface area contributed by atoms with Gasteiger partial charge in [-0.2, -0.15) is 0 Å². The van der Waals surface area contributed by atoms with E-state index in [2.05, 4.69) is 159 Å². The maximum atomic E-state index is 5.30. The number of hydrogen-bond acceptors (Lipinski definition) is 5. The van der Waals surface area contributed by atoms with Gasteiger partial charge in [0.1, 0.15) is 0 Å². The molecular formula is C46H31N3S2. The van der Waals surface area contributed by atoms with Gasteiger partial charge in [0.25, 0.3) is 0 Å². The lowest BCUT2D eigenvalue weighted by atomic mass is 9.94. The Bertz CT molecular complexity index is 2790. The van der Waals surface area contributed by atoms with E-state index in [0.717, 1.165) is 34.2 Å². The van der Waals surface area contributed by atoms with Crippen molar-refractivity contribution >= 4 is 59.0 Å². The molecule has 1 unspecified atom stereocenters. The molecule has 0 spiro atoms. The molecule has 10 rings (SSSR count). The first-order valence-electron chi connectivity index (χ1n) is 17.3. The Morgan fingerprint density at radius 2 is 1.12 bits per heavy atom. The lowest BCUT2D eigenvalue weighted by Gasteiger charge is -2.14.